The predicted molar refractivity (Wildman–Crippen MR) is 79.8 cm³/mol. The molecule has 0 saturated carbocycles. The van der Waals surface area contributed by atoms with E-state index in [2.05, 4.69) is 76.2 Å². The van der Waals surface area contributed by atoms with Crippen molar-refractivity contribution in [2.75, 3.05) is 0 Å². The second kappa shape index (κ2) is 3.47. The molecular formula is C18H20. The zero-order valence-electron chi connectivity index (χ0n) is 11.6. The Hall–Kier alpha value is -1.56. The normalized spacial score (nSPS) is 19.8. The van der Waals surface area contributed by atoms with Gasteiger partial charge in [0.15, 0.2) is 0 Å². The molecule has 0 unspecified atom stereocenters. The maximum absolute atomic E-state index is 2.36. The van der Waals surface area contributed by atoms with E-state index in [0.717, 1.165) is 0 Å². The molecule has 0 atom stereocenters. The average Bonchev–Trinajstić information content (AvgIpc) is 2.34. The summed E-state index contributed by atoms with van der Waals surface area (Å²) in [6, 6.07) is 13.2. The van der Waals surface area contributed by atoms with Crippen LogP contribution in [0.3, 0.4) is 0 Å². The molecule has 0 nitrogen and oxygen atoms in total. The number of benzene rings is 2. The molecule has 0 aromatic heterocycles. The lowest BCUT2D eigenvalue weighted by Crippen LogP contribution is -2.37. The zero-order chi connectivity index (χ0) is 13.0. The zero-order valence-corrected chi connectivity index (χ0v) is 11.6. The first kappa shape index (κ1) is 11.5. The van der Waals surface area contributed by atoms with Crippen molar-refractivity contribution in [3.8, 4) is 0 Å². The molecule has 0 amide bonds. The molecule has 0 bridgehead atoms. The van der Waals surface area contributed by atoms with Gasteiger partial charge in [-0.05, 0) is 32.7 Å². The number of hydrogen-bond acceptors (Lipinski definition) is 0. The lowest BCUT2D eigenvalue weighted by atomic mass is 9.60. The second-order valence-corrected chi connectivity index (χ2v) is 6.43. The second-order valence-electron chi connectivity index (χ2n) is 6.43. The lowest BCUT2D eigenvalue weighted by molar-refractivity contribution is 0.265. The average molecular weight is 236 g/mol. The number of hydrogen-bond donors (Lipinski definition) is 0. The van der Waals surface area contributed by atoms with Crippen LogP contribution in [0.15, 0.2) is 42.5 Å². The minimum absolute atomic E-state index is 0.168. The molecule has 0 spiro atoms. The van der Waals surface area contributed by atoms with Gasteiger partial charge in [0, 0.05) is 0 Å². The van der Waals surface area contributed by atoms with Crippen molar-refractivity contribution in [1.29, 1.82) is 0 Å². The van der Waals surface area contributed by atoms with Gasteiger partial charge in [0.25, 0.3) is 0 Å². The summed E-state index contributed by atoms with van der Waals surface area (Å²) in [6.45, 7) is 9.34. The van der Waals surface area contributed by atoms with E-state index < -0.39 is 0 Å². The Kier molecular flexibility index (Phi) is 2.22. The van der Waals surface area contributed by atoms with Crippen LogP contribution in [-0.4, -0.2) is 0 Å². The van der Waals surface area contributed by atoms with E-state index >= 15 is 0 Å². The van der Waals surface area contributed by atoms with E-state index in [0.29, 0.717) is 0 Å². The number of rotatable bonds is 0. The van der Waals surface area contributed by atoms with Crippen LogP contribution in [0.25, 0.3) is 16.8 Å². The van der Waals surface area contributed by atoms with E-state index in [1.54, 1.807) is 0 Å². The summed E-state index contributed by atoms with van der Waals surface area (Å²) in [4.78, 5) is 0. The molecule has 2 aromatic carbocycles. The molecule has 1 aliphatic carbocycles. The third kappa shape index (κ3) is 1.38. The van der Waals surface area contributed by atoms with Crippen LogP contribution in [0.2, 0.25) is 0 Å². The monoisotopic (exact) mass is 236 g/mol. The summed E-state index contributed by atoms with van der Waals surface area (Å²) in [7, 11) is 0. The van der Waals surface area contributed by atoms with E-state index in [9.17, 15) is 0 Å². The molecule has 2 aromatic rings. The molecule has 0 N–H and O–H groups in total. The molecular weight excluding hydrogens is 216 g/mol. The molecule has 0 heterocycles. The first-order valence-electron chi connectivity index (χ1n) is 6.65. The van der Waals surface area contributed by atoms with Gasteiger partial charge in [-0.3, -0.25) is 0 Å². The smallest absolute Gasteiger partial charge is 0.00117 e. The van der Waals surface area contributed by atoms with Crippen molar-refractivity contribution >= 4 is 16.8 Å². The molecule has 3 rings (SSSR count). The van der Waals surface area contributed by atoms with E-state index in [1.807, 2.05) is 0 Å². The highest BCUT2D eigenvalue weighted by molar-refractivity contribution is 5.93. The van der Waals surface area contributed by atoms with E-state index in [1.165, 1.54) is 21.9 Å². The van der Waals surface area contributed by atoms with Gasteiger partial charge in [0.05, 0.1) is 0 Å². The quantitative estimate of drug-likeness (QED) is 0.592. The minimum Gasteiger partial charge on any atom is -0.0774 e. The Labute approximate surface area is 109 Å². The fourth-order valence-electron chi connectivity index (χ4n) is 2.87. The van der Waals surface area contributed by atoms with Crippen molar-refractivity contribution in [2.24, 2.45) is 5.41 Å². The largest absolute Gasteiger partial charge is 0.0774 e. The Morgan fingerprint density at radius 3 is 2.33 bits per heavy atom. The highest BCUT2D eigenvalue weighted by atomic mass is 14.4. The molecule has 0 fully saturated rings. The molecule has 92 valence electrons. The number of allylic oxidation sites excluding steroid dienone is 1. The summed E-state index contributed by atoms with van der Waals surface area (Å²) in [6.07, 6.45) is 4.67. The Bertz CT molecular complexity index is 642. The van der Waals surface area contributed by atoms with Crippen molar-refractivity contribution in [1.82, 2.24) is 0 Å². The van der Waals surface area contributed by atoms with Crippen molar-refractivity contribution in [3.05, 3.63) is 53.6 Å². The van der Waals surface area contributed by atoms with E-state index in [-0.39, 0.29) is 10.8 Å². The topological polar surface area (TPSA) is 0 Å². The van der Waals surface area contributed by atoms with Crippen LogP contribution in [0.5, 0.6) is 0 Å². The fourth-order valence-corrected chi connectivity index (χ4v) is 2.87. The fraction of sp³-hybridized carbons (Fsp3) is 0.333. The summed E-state index contributed by atoms with van der Waals surface area (Å²) in [5, 5.41) is 2.70. The van der Waals surface area contributed by atoms with Crippen LogP contribution in [0, 0.1) is 5.41 Å². The van der Waals surface area contributed by atoms with Gasteiger partial charge in [-0.15, -0.1) is 0 Å². The summed E-state index contributed by atoms with van der Waals surface area (Å²) < 4.78 is 0. The van der Waals surface area contributed by atoms with Gasteiger partial charge in [-0.2, -0.15) is 0 Å². The maximum Gasteiger partial charge on any atom is -0.00117 e. The first-order chi connectivity index (χ1) is 8.43. The van der Waals surface area contributed by atoms with E-state index in [4.69, 9.17) is 0 Å². The third-order valence-electron chi connectivity index (χ3n) is 4.92. The first-order valence-corrected chi connectivity index (χ1v) is 6.65. The van der Waals surface area contributed by atoms with Crippen LogP contribution in [-0.2, 0) is 5.41 Å². The Morgan fingerprint density at radius 2 is 1.56 bits per heavy atom. The van der Waals surface area contributed by atoms with Crippen molar-refractivity contribution < 1.29 is 0 Å². The van der Waals surface area contributed by atoms with Gasteiger partial charge in [0.1, 0.15) is 0 Å². The standard InChI is InChI=1S/C18H20/c1-17(2)12-11-15-14-8-6-5-7-13(14)9-10-16(15)18(17,3)4/h5-12H,1-4H3. The highest BCUT2D eigenvalue weighted by Gasteiger charge is 2.40. The Balaban J connectivity index is 2.38. The highest BCUT2D eigenvalue weighted by Crippen LogP contribution is 2.48. The van der Waals surface area contributed by atoms with Gasteiger partial charge in [-0.25, -0.2) is 0 Å². The maximum atomic E-state index is 2.36. The molecule has 0 radical (unpaired) electrons. The van der Waals surface area contributed by atoms with Crippen LogP contribution in [0.1, 0.15) is 38.8 Å². The number of fused-ring (bicyclic) bond motifs is 3. The molecule has 18 heavy (non-hydrogen) atoms. The van der Waals surface area contributed by atoms with Gasteiger partial charge in [-0.1, -0.05) is 76.2 Å². The predicted octanol–water partition coefficient (Wildman–Crippen LogP) is 5.17. The van der Waals surface area contributed by atoms with Crippen LogP contribution < -0.4 is 0 Å². The molecule has 0 heteroatoms. The lowest BCUT2D eigenvalue weighted by Gasteiger charge is -2.44. The Morgan fingerprint density at radius 1 is 0.833 bits per heavy atom. The SMILES string of the molecule is CC1(C)C=Cc2c(ccc3ccccc23)C1(C)C. The minimum atomic E-state index is 0.168. The van der Waals surface area contributed by atoms with Gasteiger partial charge >= 0.3 is 0 Å². The summed E-state index contributed by atoms with van der Waals surface area (Å²) in [5.41, 5.74) is 3.23. The summed E-state index contributed by atoms with van der Waals surface area (Å²) in [5.74, 6) is 0. The van der Waals surface area contributed by atoms with Crippen molar-refractivity contribution in [2.45, 2.75) is 33.1 Å². The third-order valence-corrected chi connectivity index (χ3v) is 4.92. The van der Waals surface area contributed by atoms with Gasteiger partial charge < -0.3 is 0 Å². The molecule has 0 aliphatic heterocycles. The van der Waals surface area contributed by atoms with Crippen LogP contribution >= 0.6 is 0 Å². The van der Waals surface area contributed by atoms with Crippen molar-refractivity contribution in [3.63, 3.8) is 0 Å². The van der Waals surface area contributed by atoms with Gasteiger partial charge in [0.2, 0.25) is 0 Å². The molecule has 1 aliphatic rings. The van der Waals surface area contributed by atoms with Crippen LogP contribution in [0.4, 0.5) is 0 Å². The molecule has 0 saturated heterocycles. The summed E-state index contributed by atoms with van der Waals surface area (Å²) >= 11 is 0.